The van der Waals surface area contributed by atoms with Crippen LogP contribution >= 0.6 is 0 Å². The summed E-state index contributed by atoms with van der Waals surface area (Å²) in [6.45, 7) is 1.25. The molecule has 0 aliphatic heterocycles. The summed E-state index contributed by atoms with van der Waals surface area (Å²) < 4.78 is 0. The molecule has 1 amide bonds. The van der Waals surface area contributed by atoms with Crippen molar-refractivity contribution in [2.45, 2.75) is 13.0 Å². The minimum absolute atomic E-state index is 0.253. The Morgan fingerprint density at radius 3 is 2.55 bits per heavy atom. The highest BCUT2D eigenvalue weighted by Crippen LogP contribution is 1.74. The van der Waals surface area contributed by atoms with Crippen LogP contribution in [0.4, 0.5) is 0 Å². The molecule has 0 aromatic carbocycles. The fourth-order valence-electron chi connectivity index (χ4n) is 0.362. The van der Waals surface area contributed by atoms with Crippen LogP contribution in [0.15, 0.2) is 0 Å². The van der Waals surface area contributed by atoms with E-state index in [4.69, 9.17) is 5.73 Å². The van der Waals surface area contributed by atoms with Crippen LogP contribution < -0.4 is 16.9 Å². The molecule has 0 aromatic rings. The van der Waals surface area contributed by atoms with E-state index in [2.05, 4.69) is 16.1 Å². The first kappa shape index (κ1) is 9.86. The second-order valence-electron chi connectivity index (χ2n) is 2.00. The summed E-state index contributed by atoms with van der Waals surface area (Å²) in [6.07, 6.45) is 0. The Kier molecular flexibility index (Phi) is 4.16. The van der Waals surface area contributed by atoms with Gasteiger partial charge in [-0.05, 0) is 6.92 Å². The van der Waals surface area contributed by atoms with Crippen molar-refractivity contribution in [2.75, 3.05) is 6.54 Å². The summed E-state index contributed by atoms with van der Waals surface area (Å²) in [5.74, 6) is 3.37. The molecule has 0 bridgehead atoms. The Hall–Kier alpha value is -1.14. The second kappa shape index (κ2) is 4.64. The predicted octanol–water partition coefficient (Wildman–Crippen LogP) is -2.13. The van der Waals surface area contributed by atoms with Crippen molar-refractivity contribution in [3.63, 3.8) is 0 Å². The smallest absolute Gasteiger partial charge is 0.343 e. The van der Waals surface area contributed by atoms with Gasteiger partial charge in [-0.15, -0.1) is 0 Å². The van der Waals surface area contributed by atoms with Gasteiger partial charge in [0.25, 0.3) is 0 Å². The van der Waals surface area contributed by atoms with Gasteiger partial charge in [-0.25, -0.2) is 4.79 Å². The molecule has 6 nitrogen and oxygen atoms in total. The molecular formula is C5H11N3O3. The third-order valence-corrected chi connectivity index (χ3v) is 0.952. The van der Waals surface area contributed by atoms with Gasteiger partial charge in [0, 0.05) is 0 Å². The van der Waals surface area contributed by atoms with E-state index in [0.717, 1.165) is 0 Å². The Balaban J connectivity index is 3.54. The highest BCUT2D eigenvalue weighted by atomic mass is 16.7. The summed E-state index contributed by atoms with van der Waals surface area (Å²) in [7, 11) is 0. The molecule has 1 atom stereocenters. The van der Waals surface area contributed by atoms with Crippen LogP contribution in [0.3, 0.4) is 0 Å². The molecule has 0 radical (unpaired) electrons. The van der Waals surface area contributed by atoms with Crippen molar-refractivity contribution >= 4 is 11.9 Å². The fourth-order valence-corrected chi connectivity index (χ4v) is 0.362. The third kappa shape index (κ3) is 4.29. The van der Waals surface area contributed by atoms with E-state index in [-0.39, 0.29) is 6.54 Å². The molecule has 6 heteroatoms. The van der Waals surface area contributed by atoms with Crippen LogP contribution in [0.25, 0.3) is 0 Å². The Labute approximate surface area is 63.8 Å². The largest absolute Gasteiger partial charge is 0.372 e. The molecule has 0 aromatic heterocycles. The van der Waals surface area contributed by atoms with Gasteiger partial charge in [0.15, 0.2) is 0 Å². The van der Waals surface area contributed by atoms with Crippen molar-refractivity contribution in [1.82, 2.24) is 5.32 Å². The molecule has 0 saturated heterocycles. The van der Waals surface area contributed by atoms with Gasteiger partial charge >= 0.3 is 5.97 Å². The highest BCUT2D eigenvalue weighted by Gasteiger charge is 2.08. The standard InChI is InChI=1S/C5H11N3O3/c1-3(6)5(10)8-2-4(9)11-7/h3H,2,6-7H2,1H3,(H,8,10). The molecule has 0 heterocycles. The van der Waals surface area contributed by atoms with Gasteiger partial charge in [0.2, 0.25) is 5.91 Å². The molecule has 1 unspecified atom stereocenters. The van der Waals surface area contributed by atoms with Gasteiger partial charge in [0.05, 0.1) is 6.04 Å². The molecule has 11 heavy (non-hydrogen) atoms. The minimum atomic E-state index is -0.709. The molecule has 0 spiro atoms. The fraction of sp³-hybridized carbons (Fsp3) is 0.600. The quantitative estimate of drug-likeness (QED) is 0.410. The van der Waals surface area contributed by atoms with E-state index in [1.807, 2.05) is 0 Å². The molecule has 5 N–H and O–H groups in total. The van der Waals surface area contributed by atoms with E-state index in [1.165, 1.54) is 6.92 Å². The lowest BCUT2D eigenvalue weighted by molar-refractivity contribution is -0.144. The molecule has 64 valence electrons. The van der Waals surface area contributed by atoms with Crippen molar-refractivity contribution in [3.05, 3.63) is 0 Å². The number of carbonyl (C=O) groups excluding carboxylic acids is 2. The maximum absolute atomic E-state index is 10.7. The van der Waals surface area contributed by atoms with E-state index in [9.17, 15) is 9.59 Å². The maximum Gasteiger partial charge on any atom is 0.343 e. The van der Waals surface area contributed by atoms with Crippen molar-refractivity contribution in [1.29, 1.82) is 0 Å². The van der Waals surface area contributed by atoms with Crippen molar-refractivity contribution < 1.29 is 14.4 Å². The number of nitrogens with one attached hydrogen (secondary N) is 1. The van der Waals surface area contributed by atoms with Crippen molar-refractivity contribution in [2.24, 2.45) is 11.6 Å². The van der Waals surface area contributed by atoms with E-state index in [1.54, 1.807) is 0 Å². The van der Waals surface area contributed by atoms with Crippen molar-refractivity contribution in [3.8, 4) is 0 Å². The summed E-state index contributed by atoms with van der Waals surface area (Å²) in [5, 5.41) is 2.21. The minimum Gasteiger partial charge on any atom is -0.372 e. The average molecular weight is 161 g/mol. The van der Waals surface area contributed by atoms with Crippen LogP contribution in [-0.4, -0.2) is 24.5 Å². The van der Waals surface area contributed by atoms with E-state index < -0.39 is 17.9 Å². The van der Waals surface area contributed by atoms with Gasteiger partial charge in [-0.2, -0.15) is 5.90 Å². The summed E-state index contributed by atoms with van der Waals surface area (Å²) >= 11 is 0. The molecule has 0 fully saturated rings. The lowest BCUT2D eigenvalue weighted by Crippen LogP contribution is -2.41. The number of rotatable bonds is 3. The average Bonchev–Trinajstić information content (AvgIpc) is 1.99. The molecule has 0 saturated carbocycles. The highest BCUT2D eigenvalue weighted by molar-refractivity contribution is 5.84. The van der Waals surface area contributed by atoms with Crippen LogP contribution in [-0.2, 0) is 14.4 Å². The predicted molar refractivity (Wildman–Crippen MR) is 36.9 cm³/mol. The van der Waals surface area contributed by atoms with E-state index >= 15 is 0 Å². The number of carbonyl (C=O) groups is 2. The lowest BCUT2D eigenvalue weighted by atomic mass is 10.3. The molecule has 0 aliphatic rings. The number of nitrogens with two attached hydrogens (primary N) is 2. The monoisotopic (exact) mass is 161 g/mol. The van der Waals surface area contributed by atoms with Crippen LogP contribution in [0.5, 0.6) is 0 Å². The molecule has 0 rings (SSSR count). The number of hydrogen-bond acceptors (Lipinski definition) is 5. The molecule has 0 aliphatic carbocycles. The SMILES string of the molecule is CC(N)C(=O)NCC(=O)ON. The topological polar surface area (TPSA) is 107 Å². The van der Waals surface area contributed by atoms with Crippen LogP contribution in [0, 0.1) is 0 Å². The summed E-state index contributed by atoms with van der Waals surface area (Å²) in [4.78, 5) is 24.8. The van der Waals surface area contributed by atoms with Gasteiger partial charge < -0.3 is 15.9 Å². The maximum atomic E-state index is 10.7. The third-order valence-electron chi connectivity index (χ3n) is 0.952. The first-order valence-corrected chi connectivity index (χ1v) is 3.00. The summed E-state index contributed by atoms with van der Waals surface area (Å²) in [5.41, 5.74) is 5.17. The van der Waals surface area contributed by atoms with Gasteiger partial charge in [0.1, 0.15) is 6.54 Å². The zero-order valence-corrected chi connectivity index (χ0v) is 6.16. The summed E-state index contributed by atoms with van der Waals surface area (Å²) in [6, 6.07) is -0.638. The number of hydrogen-bond donors (Lipinski definition) is 3. The zero-order valence-electron chi connectivity index (χ0n) is 6.16. The first-order valence-electron chi connectivity index (χ1n) is 3.00. The second-order valence-corrected chi connectivity index (χ2v) is 2.00. The Morgan fingerprint density at radius 1 is 1.64 bits per heavy atom. The Morgan fingerprint density at radius 2 is 2.18 bits per heavy atom. The van der Waals surface area contributed by atoms with Gasteiger partial charge in [-0.1, -0.05) is 0 Å². The van der Waals surface area contributed by atoms with Crippen LogP contribution in [0.1, 0.15) is 6.92 Å². The van der Waals surface area contributed by atoms with Gasteiger partial charge in [-0.3, -0.25) is 4.79 Å². The Bertz CT molecular complexity index is 157. The number of amides is 1. The van der Waals surface area contributed by atoms with Crippen LogP contribution in [0.2, 0.25) is 0 Å². The lowest BCUT2D eigenvalue weighted by Gasteiger charge is -2.04. The molecular weight excluding hydrogens is 150 g/mol. The first-order chi connectivity index (χ1) is 5.07. The van der Waals surface area contributed by atoms with E-state index in [0.29, 0.717) is 0 Å². The zero-order chi connectivity index (χ0) is 8.85. The normalized spacial score (nSPS) is 11.9.